The first kappa shape index (κ1) is 16.3. The summed E-state index contributed by atoms with van der Waals surface area (Å²) >= 11 is 0. The third-order valence-corrected chi connectivity index (χ3v) is 2.34. The van der Waals surface area contributed by atoms with Crippen molar-refractivity contribution in [3.8, 4) is 0 Å². The summed E-state index contributed by atoms with van der Waals surface area (Å²) in [5.41, 5.74) is 0.226. The SMILES string of the molecule is CCCC(O)(CCC)C(C)=NC.[Ho]. The average Bonchev–Trinajstić information content (AvgIpc) is 2.04. The maximum absolute atomic E-state index is 10.1. The number of aliphatic imine (C=N–C) groups is 1. The van der Waals surface area contributed by atoms with Crippen molar-refractivity contribution in [3.63, 3.8) is 0 Å². The minimum atomic E-state index is -0.641. The molecule has 0 aliphatic heterocycles. The van der Waals surface area contributed by atoms with E-state index in [0.717, 1.165) is 31.4 Å². The second kappa shape index (κ2) is 8.22. The Bertz CT molecular complexity index is 151. The van der Waals surface area contributed by atoms with E-state index < -0.39 is 5.60 Å². The van der Waals surface area contributed by atoms with Gasteiger partial charge in [0.1, 0.15) is 5.60 Å². The molecule has 0 bridgehead atoms. The van der Waals surface area contributed by atoms with Crippen LogP contribution in [0, 0.1) is 37.7 Å². The molecule has 0 amide bonds. The summed E-state index contributed by atoms with van der Waals surface area (Å²) in [6.45, 7) is 6.08. The average molecular weight is 336 g/mol. The van der Waals surface area contributed by atoms with Crippen molar-refractivity contribution >= 4 is 5.71 Å². The van der Waals surface area contributed by atoms with Crippen molar-refractivity contribution in [2.45, 2.75) is 52.1 Å². The monoisotopic (exact) mass is 336 g/mol. The summed E-state index contributed by atoms with van der Waals surface area (Å²) in [6, 6.07) is 0. The van der Waals surface area contributed by atoms with Gasteiger partial charge in [-0.25, -0.2) is 0 Å². The van der Waals surface area contributed by atoms with Crippen molar-refractivity contribution in [2.75, 3.05) is 7.05 Å². The van der Waals surface area contributed by atoms with Crippen LogP contribution in [0.5, 0.6) is 0 Å². The summed E-state index contributed by atoms with van der Waals surface area (Å²) in [7, 11) is 1.74. The van der Waals surface area contributed by atoms with Crippen LogP contribution in [0.3, 0.4) is 0 Å². The Kier molecular flexibility index (Phi) is 10.3. The van der Waals surface area contributed by atoms with Crippen LogP contribution in [0.1, 0.15) is 46.5 Å². The van der Waals surface area contributed by atoms with Gasteiger partial charge >= 0.3 is 0 Å². The van der Waals surface area contributed by atoms with Gasteiger partial charge in [-0.2, -0.15) is 0 Å². The molecule has 83 valence electrons. The van der Waals surface area contributed by atoms with Crippen molar-refractivity contribution in [1.82, 2.24) is 0 Å². The van der Waals surface area contributed by atoms with Crippen LogP contribution in [0.4, 0.5) is 0 Å². The Morgan fingerprint density at radius 2 is 1.62 bits per heavy atom. The standard InChI is InChI=1S/C10H21NO.Ho/c1-5-7-10(12,8-6-2)9(3)11-4;/h12H,5-8H2,1-4H3;. The zero-order valence-corrected chi connectivity index (χ0v) is 11.0. The Morgan fingerprint density at radius 3 is 1.85 bits per heavy atom. The van der Waals surface area contributed by atoms with E-state index in [1.54, 1.807) is 7.05 Å². The number of aliphatic hydroxyl groups is 1. The second-order valence-electron chi connectivity index (χ2n) is 3.34. The predicted molar refractivity (Wildman–Crippen MR) is 53.8 cm³/mol. The molecule has 0 aliphatic rings. The van der Waals surface area contributed by atoms with Gasteiger partial charge in [0, 0.05) is 50.5 Å². The van der Waals surface area contributed by atoms with Gasteiger partial charge < -0.3 is 5.11 Å². The molecule has 13 heavy (non-hydrogen) atoms. The molecule has 0 saturated carbocycles. The molecule has 1 N–H and O–H groups in total. The number of nitrogens with zero attached hydrogens (tertiary/aromatic N) is 1. The summed E-state index contributed by atoms with van der Waals surface area (Å²) < 4.78 is 0. The zero-order valence-electron chi connectivity index (χ0n) is 9.02. The van der Waals surface area contributed by atoms with Crippen molar-refractivity contribution in [2.24, 2.45) is 4.99 Å². The van der Waals surface area contributed by atoms with Crippen LogP contribution in [-0.2, 0) is 0 Å². The Morgan fingerprint density at radius 1 is 1.23 bits per heavy atom. The number of rotatable bonds is 5. The van der Waals surface area contributed by atoms with Crippen LogP contribution in [-0.4, -0.2) is 23.5 Å². The van der Waals surface area contributed by atoms with Gasteiger partial charge in [0.25, 0.3) is 0 Å². The van der Waals surface area contributed by atoms with Gasteiger partial charge in [0.05, 0.1) is 0 Å². The zero-order chi connectivity index (χ0) is 9.61. The fourth-order valence-electron chi connectivity index (χ4n) is 1.52. The first-order chi connectivity index (χ1) is 5.60. The quantitative estimate of drug-likeness (QED) is 0.607. The van der Waals surface area contributed by atoms with Gasteiger partial charge in [0.15, 0.2) is 0 Å². The van der Waals surface area contributed by atoms with Crippen LogP contribution in [0.25, 0.3) is 0 Å². The van der Waals surface area contributed by atoms with Crippen LogP contribution in [0.15, 0.2) is 4.99 Å². The van der Waals surface area contributed by atoms with Gasteiger partial charge in [0.2, 0.25) is 0 Å². The normalized spacial score (nSPS) is 12.5. The maximum atomic E-state index is 10.1. The van der Waals surface area contributed by atoms with Gasteiger partial charge in [-0.1, -0.05) is 26.7 Å². The fourth-order valence-corrected chi connectivity index (χ4v) is 1.52. The molecule has 0 aromatic heterocycles. The van der Waals surface area contributed by atoms with E-state index >= 15 is 0 Å². The molecule has 0 atom stereocenters. The first-order valence-electron chi connectivity index (χ1n) is 4.77. The number of hydrogen-bond donors (Lipinski definition) is 1. The smallest absolute Gasteiger partial charge is 0.102 e. The molecular weight excluding hydrogens is 315 g/mol. The van der Waals surface area contributed by atoms with Gasteiger partial charge in [-0.05, 0) is 19.8 Å². The molecule has 0 unspecified atom stereocenters. The molecule has 0 aliphatic carbocycles. The minimum absolute atomic E-state index is 0. The Labute approximate surface area is 112 Å². The molecule has 2 nitrogen and oxygen atoms in total. The summed E-state index contributed by atoms with van der Waals surface area (Å²) in [5.74, 6) is 0. The van der Waals surface area contributed by atoms with E-state index in [1.807, 2.05) is 6.92 Å². The molecule has 0 fully saturated rings. The Hall–Kier alpha value is 0.890. The van der Waals surface area contributed by atoms with Crippen molar-refractivity contribution < 1.29 is 42.8 Å². The largest absolute Gasteiger partial charge is 0.384 e. The molecule has 1 radical (unpaired) electrons. The maximum Gasteiger partial charge on any atom is 0.102 e. The van der Waals surface area contributed by atoms with Crippen molar-refractivity contribution in [1.29, 1.82) is 0 Å². The molecule has 0 saturated heterocycles. The second-order valence-corrected chi connectivity index (χ2v) is 3.34. The topological polar surface area (TPSA) is 32.6 Å². The summed E-state index contributed by atoms with van der Waals surface area (Å²) in [4.78, 5) is 4.06. The third-order valence-electron chi connectivity index (χ3n) is 2.34. The molecule has 0 rings (SSSR count). The molecule has 0 heterocycles. The minimum Gasteiger partial charge on any atom is -0.384 e. The predicted octanol–water partition coefficient (Wildman–Crippen LogP) is 2.41. The van der Waals surface area contributed by atoms with E-state index in [0.29, 0.717) is 0 Å². The first-order valence-corrected chi connectivity index (χ1v) is 4.77. The molecule has 0 aromatic rings. The van der Waals surface area contributed by atoms with Crippen LogP contribution in [0.2, 0.25) is 0 Å². The number of hydrogen-bond acceptors (Lipinski definition) is 2. The molecular formula is C10H21HoNO. The van der Waals surface area contributed by atoms with E-state index in [2.05, 4.69) is 18.8 Å². The van der Waals surface area contributed by atoms with E-state index in [9.17, 15) is 5.11 Å². The van der Waals surface area contributed by atoms with Gasteiger partial charge in [-0.15, -0.1) is 0 Å². The summed E-state index contributed by atoms with van der Waals surface area (Å²) in [5, 5.41) is 10.1. The van der Waals surface area contributed by atoms with Gasteiger partial charge in [-0.3, -0.25) is 4.99 Å². The van der Waals surface area contributed by atoms with Crippen LogP contribution < -0.4 is 0 Å². The van der Waals surface area contributed by atoms with E-state index in [1.165, 1.54) is 0 Å². The fraction of sp³-hybridized carbons (Fsp3) is 0.900. The third kappa shape index (κ3) is 5.36. The van der Waals surface area contributed by atoms with Crippen molar-refractivity contribution in [3.05, 3.63) is 0 Å². The van der Waals surface area contributed by atoms with E-state index in [-0.39, 0.29) is 37.7 Å². The summed E-state index contributed by atoms with van der Waals surface area (Å²) in [6.07, 6.45) is 3.65. The van der Waals surface area contributed by atoms with Crippen LogP contribution >= 0.6 is 0 Å². The molecule has 3 heteroatoms. The molecule has 0 aromatic carbocycles. The molecule has 0 spiro atoms. The Balaban J connectivity index is 0. The van der Waals surface area contributed by atoms with E-state index in [4.69, 9.17) is 0 Å².